The van der Waals surface area contributed by atoms with Gasteiger partial charge in [-0.15, -0.1) is 0 Å². The molecular weight excluding hydrogens is 214 g/mol. The van der Waals surface area contributed by atoms with Gasteiger partial charge in [-0.05, 0) is 39.3 Å². The lowest BCUT2D eigenvalue weighted by Crippen LogP contribution is -2.45. The molecule has 1 amide bonds. The molecule has 17 heavy (non-hydrogen) atoms. The van der Waals surface area contributed by atoms with Crippen molar-refractivity contribution in [2.45, 2.75) is 51.6 Å². The predicted molar refractivity (Wildman–Crippen MR) is 71.0 cm³/mol. The normalized spacial score (nSPS) is 22.5. The first-order valence-electron chi connectivity index (χ1n) is 6.85. The van der Waals surface area contributed by atoms with Crippen LogP contribution in [0.25, 0.3) is 0 Å². The fourth-order valence-electron chi connectivity index (χ4n) is 2.53. The maximum Gasteiger partial charge on any atom is 0.233 e. The lowest BCUT2D eigenvalue weighted by atomic mass is 9.98. The van der Waals surface area contributed by atoms with Crippen LogP contribution >= 0.6 is 0 Å². The number of carbonyl (C=O) groups excluding carboxylic acids is 1. The summed E-state index contributed by atoms with van der Waals surface area (Å²) in [7, 11) is 1.70. The van der Waals surface area contributed by atoms with Crippen LogP contribution in [0.2, 0.25) is 0 Å². The van der Waals surface area contributed by atoms with E-state index < -0.39 is 0 Å². The molecular formula is C13H27N3O. The first-order chi connectivity index (χ1) is 8.17. The van der Waals surface area contributed by atoms with Crippen molar-refractivity contribution in [1.82, 2.24) is 15.5 Å². The average molecular weight is 241 g/mol. The first-order valence-corrected chi connectivity index (χ1v) is 6.85. The molecule has 0 aromatic heterocycles. The smallest absolute Gasteiger partial charge is 0.233 e. The van der Waals surface area contributed by atoms with Gasteiger partial charge in [-0.1, -0.05) is 13.3 Å². The van der Waals surface area contributed by atoms with Crippen molar-refractivity contribution in [2.75, 3.05) is 26.7 Å². The number of hydrogen-bond donors (Lipinski definition) is 2. The molecule has 1 aliphatic heterocycles. The van der Waals surface area contributed by atoms with E-state index in [0.717, 1.165) is 19.5 Å². The zero-order valence-corrected chi connectivity index (χ0v) is 11.5. The summed E-state index contributed by atoms with van der Waals surface area (Å²) in [5.74, 6) is 0.107. The van der Waals surface area contributed by atoms with Crippen LogP contribution in [0.5, 0.6) is 0 Å². The molecule has 1 saturated heterocycles. The summed E-state index contributed by atoms with van der Waals surface area (Å²) in [4.78, 5) is 13.7. The Bertz CT molecular complexity index is 227. The van der Waals surface area contributed by atoms with Crippen LogP contribution in [-0.4, -0.2) is 49.6 Å². The Morgan fingerprint density at radius 2 is 2.29 bits per heavy atom. The van der Waals surface area contributed by atoms with Gasteiger partial charge in [0.05, 0.1) is 6.54 Å². The third-order valence-electron chi connectivity index (χ3n) is 3.69. The highest BCUT2D eigenvalue weighted by atomic mass is 16.1. The zero-order chi connectivity index (χ0) is 12.7. The fourth-order valence-corrected chi connectivity index (χ4v) is 2.53. The van der Waals surface area contributed by atoms with Crippen molar-refractivity contribution < 1.29 is 4.79 Å². The van der Waals surface area contributed by atoms with Crippen molar-refractivity contribution in [1.29, 1.82) is 0 Å². The van der Waals surface area contributed by atoms with Crippen LogP contribution in [0.1, 0.15) is 39.5 Å². The summed E-state index contributed by atoms with van der Waals surface area (Å²) in [6.07, 6.45) is 5.07. The van der Waals surface area contributed by atoms with Gasteiger partial charge < -0.3 is 10.6 Å². The highest BCUT2D eigenvalue weighted by molar-refractivity contribution is 5.77. The molecule has 2 atom stereocenters. The molecule has 0 aliphatic carbocycles. The Morgan fingerprint density at radius 3 is 2.82 bits per heavy atom. The lowest BCUT2D eigenvalue weighted by Gasteiger charge is -2.32. The predicted octanol–water partition coefficient (Wildman–Crippen LogP) is 0.975. The summed E-state index contributed by atoms with van der Waals surface area (Å²) >= 11 is 0. The van der Waals surface area contributed by atoms with Gasteiger partial charge in [0.2, 0.25) is 5.91 Å². The topological polar surface area (TPSA) is 44.4 Å². The summed E-state index contributed by atoms with van der Waals surface area (Å²) in [5.41, 5.74) is 0. The van der Waals surface area contributed by atoms with Crippen LogP contribution in [-0.2, 0) is 4.79 Å². The Balaban J connectivity index is 2.36. The molecule has 0 saturated carbocycles. The van der Waals surface area contributed by atoms with Gasteiger partial charge in [-0.2, -0.15) is 0 Å². The number of piperidine rings is 1. The molecule has 1 fully saturated rings. The van der Waals surface area contributed by atoms with Gasteiger partial charge in [0.1, 0.15) is 0 Å². The van der Waals surface area contributed by atoms with E-state index in [-0.39, 0.29) is 5.91 Å². The number of carbonyl (C=O) groups is 1. The molecule has 4 heteroatoms. The highest BCUT2D eigenvalue weighted by Gasteiger charge is 2.20. The molecule has 1 heterocycles. The van der Waals surface area contributed by atoms with Crippen molar-refractivity contribution in [3.63, 3.8) is 0 Å². The van der Waals surface area contributed by atoms with E-state index in [1.165, 1.54) is 19.3 Å². The van der Waals surface area contributed by atoms with Crippen LogP contribution in [0.4, 0.5) is 0 Å². The summed E-state index contributed by atoms with van der Waals surface area (Å²) in [6.45, 7) is 6.94. The Morgan fingerprint density at radius 1 is 1.53 bits per heavy atom. The van der Waals surface area contributed by atoms with E-state index in [1.807, 2.05) is 0 Å². The Kier molecular flexibility index (Phi) is 6.52. The maximum absolute atomic E-state index is 11.4. The van der Waals surface area contributed by atoms with Crippen LogP contribution in [0.15, 0.2) is 0 Å². The number of likely N-dealkylation sites (N-methyl/N-ethyl adjacent to an activating group) is 2. The average Bonchev–Trinajstić information content (AvgIpc) is 2.36. The van der Waals surface area contributed by atoms with E-state index >= 15 is 0 Å². The molecule has 2 unspecified atom stereocenters. The second-order valence-electron chi connectivity index (χ2n) is 4.97. The van der Waals surface area contributed by atoms with Crippen LogP contribution < -0.4 is 10.6 Å². The Hall–Kier alpha value is -0.610. The van der Waals surface area contributed by atoms with Crippen LogP contribution in [0.3, 0.4) is 0 Å². The maximum atomic E-state index is 11.4. The van der Waals surface area contributed by atoms with E-state index in [0.29, 0.717) is 18.6 Å². The van der Waals surface area contributed by atoms with E-state index in [1.54, 1.807) is 7.05 Å². The third kappa shape index (κ3) is 5.04. The Labute approximate surface area is 105 Å². The number of rotatable bonds is 6. The first kappa shape index (κ1) is 14.5. The molecule has 0 bridgehead atoms. The van der Waals surface area contributed by atoms with Gasteiger partial charge in [-0.3, -0.25) is 9.69 Å². The van der Waals surface area contributed by atoms with Crippen molar-refractivity contribution >= 4 is 5.91 Å². The molecule has 100 valence electrons. The number of nitrogens with zero attached hydrogens (tertiary/aromatic N) is 1. The van der Waals surface area contributed by atoms with Gasteiger partial charge in [0, 0.05) is 19.1 Å². The van der Waals surface area contributed by atoms with Crippen LogP contribution in [0, 0.1) is 0 Å². The second kappa shape index (κ2) is 7.67. The fraction of sp³-hybridized carbons (Fsp3) is 0.923. The molecule has 1 rings (SSSR count). The van der Waals surface area contributed by atoms with Crippen molar-refractivity contribution in [3.05, 3.63) is 0 Å². The van der Waals surface area contributed by atoms with Crippen molar-refractivity contribution in [2.24, 2.45) is 0 Å². The third-order valence-corrected chi connectivity index (χ3v) is 3.69. The SMILES string of the molecule is CCN(CC(=O)NC)C(C)CC1CCCCN1. The summed E-state index contributed by atoms with van der Waals surface area (Å²) < 4.78 is 0. The van der Waals surface area contributed by atoms with Gasteiger partial charge >= 0.3 is 0 Å². The molecule has 0 radical (unpaired) electrons. The molecule has 0 spiro atoms. The summed E-state index contributed by atoms with van der Waals surface area (Å²) in [5, 5.41) is 6.26. The minimum Gasteiger partial charge on any atom is -0.358 e. The van der Waals surface area contributed by atoms with E-state index in [4.69, 9.17) is 0 Å². The summed E-state index contributed by atoms with van der Waals surface area (Å²) in [6, 6.07) is 1.10. The lowest BCUT2D eigenvalue weighted by molar-refractivity contribution is -0.122. The highest BCUT2D eigenvalue weighted by Crippen LogP contribution is 2.14. The number of nitrogens with one attached hydrogen (secondary N) is 2. The zero-order valence-electron chi connectivity index (χ0n) is 11.5. The van der Waals surface area contributed by atoms with Gasteiger partial charge in [0.15, 0.2) is 0 Å². The molecule has 0 aromatic carbocycles. The second-order valence-corrected chi connectivity index (χ2v) is 4.97. The number of hydrogen-bond acceptors (Lipinski definition) is 3. The molecule has 4 nitrogen and oxygen atoms in total. The monoisotopic (exact) mass is 241 g/mol. The molecule has 2 N–H and O–H groups in total. The van der Waals surface area contributed by atoms with Gasteiger partial charge in [-0.25, -0.2) is 0 Å². The number of amides is 1. The standard InChI is InChI=1S/C13H27N3O/c1-4-16(10-13(17)14-3)11(2)9-12-7-5-6-8-15-12/h11-12,15H,4-10H2,1-3H3,(H,14,17). The van der Waals surface area contributed by atoms with Crippen molar-refractivity contribution in [3.8, 4) is 0 Å². The van der Waals surface area contributed by atoms with E-state index in [9.17, 15) is 4.79 Å². The minimum atomic E-state index is 0.107. The molecule has 1 aliphatic rings. The van der Waals surface area contributed by atoms with Gasteiger partial charge in [0.25, 0.3) is 0 Å². The largest absolute Gasteiger partial charge is 0.358 e. The quantitative estimate of drug-likeness (QED) is 0.728. The molecule has 0 aromatic rings. The van der Waals surface area contributed by atoms with E-state index in [2.05, 4.69) is 29.4 Å². The minimum absolute atomic E-state index is 0.107.